The number of piperidine rings is 1. The van der Waals surface area contributed by atoms with E-state index in [0.29, 0.717) is 30.1 Å². The van der Waals surface area contributed by atoms with Gasteiger partial charge in [0.1, 0.15) is 5.82 Å². The third-order valence-corrected chi connectivity index (χ3v) is 6.34. The first-order valence-electron chi connectivity index (χ1n) is 10.9. The van der Waals surface area contributed by atoms with Crippen LogP contribution in [0.3, 0.4) is 0 Å². The molecular weight excluding hydrogens is 369 g/mol. The van der Waals surface area contributed by atoms with Crippen LogP contribution in [0.1, 0.15) is 50.6 Å². The standard InChI is InChI=1S/C23H30FN3O2/c24-19-8-6-16(7-9-19)22-14-21(27-29-22)12-18-15-25-11-10-17(18)13-23(28)26-20-4-2-1-3-5-20/h6-9,14,17-18,20,25H,1-5,10-13,15H2,(H,26,28). The van der Waals surface area contributed by atoms with E-state index in [1.165, 1.54) is 31.4 Å². The lowest BCUT2D eigenvalue weighted by atomic mass is 9.81. The highest BCUT2D eigenvalue weighted by Gasteiger charge is 2.29. The highest BCUT2D eigenvalue weighted by molar-refractivity contribution is 5.76. The first kappa shape index (κ1) is 20.1. The molecule has 4 rings (SSSR count). The van der Waals surface area contributed by atoms with Gasteiger partial charge in [-0.05, 0) is 74.9 Å². The number of hydrogen-bond donors (Lipinski definition) is 2. The molecule has 2 fully saturated rings. The number of nitrogens with zero attached hydrogens (tertiary/aromatic N) is 1. The summed E-state index contributed by atoms with van der Waals surface area (Å²) >= 11 is 0. The number of carbonyl (C=O) groups excluding carboxylic acids is 1. The highest BCUT2D eigenvalue weighted by Crippen LogP contribution is 2.28. The number of nitrogens with one attached hydrogen (secondary N) is 2. The van der Waals surface area contributed by atoms with E-state index >= 15 is 0 Å². The Morgan fingerprint density at radius 2 is 1.93 bits per heavy atom. The molecule has 1 aromatic carbocycles. The smallest absolute Gasteiger partial charge is 0.220 e. The van der Waals surface area contributed by atoms with Crippen LogP contribution >= 0.6 is 0 Å². The van der Waals surface area contributed by atoms with Crippen molar-refractivity contribution in [3.05, 3.63) is 41.8 Å². The van der Waals surface area contributed by atoms with Crippen molar-refractivity contribution >= 4 is 5.91 Å². The molecule has 1 amide bonds. The van der Waals surface area contributed by atoms with Gasteiger partial charge in [0.05, 0.1) is 5.69 Å². The maximum atomic E-state index is 13.1. The van der Waals surface area contributed by atoms with Crippen LogP contribution in [0.5, 0.6) is 0 Å². The summed E-state index contributed by atoms with van der Waals surface area (Å²) in [6.45, 7) is 1.84. The quantitative estimate of drug-likeness (QED) is 0.768. The zero-order valence-corrected chi connectivity index (χ0v) is 16.8. The topological polar surface area (TPSA) is 67.2 Å². The second-order valence-corrected chi connectivity index (χ2v) is 8.51. The van der Waals surface area contributed by atoms with Crippen molar-refractivity contribution in [3.8, 4) is 11.3 Å². The van der Waals surface area contributed by atoms with Crippen LogP contribution in [-0.2, 0) is 11.2 Å². The van der Waals surface area contributed by atoms with Gasteiger partial charge in [-0.1, -0.05) is 24.4 Å². The van der Waals surface area contributed by atoms with Crippen molar-refractivity contribution < 1.29 is 13.7 Å². The zero-order valence-electron chi connectivity index (χ0n) is 16.8. The lowest BCUT2D eigenvalue weighted by Crippen LogP contribution is -2.42. The van der Waals surface area contributed by atoms with Gasteiger partial charge in [0.25, 0.3) is 0 Å². The molecular formula is C23H30FN3O2. The fourth-order valence-corrected chi connectivity index (χ4v) is 4.68. The Morgan fingerprint density at radius 1 is 1.14 bits per heavy atom. The highest BCUT2D eigenvalue weighted by atomic mass is 19.1. The fourth-order valence-electron chi connectivity index (χ4n) is 4.68. The number of benzene rings is 1. The normalized spacial score (nSPS) is 23.1. The van der Waals surface area contributed by atoms with Crippen molar-refractivity contribution in [1.82, 2.24) is 15.8 Å². The van der Waals surface area contributed by atoms with E-state index in [-0.39, 0.29) is 11.7 Å². The van der Waals surface area contributed by atoms with Gasteiger partial charge in [0.2, 0.25) is 5.91 Å². The molecule has 2 unspecified atom stereocenters. The minimum absolute atomic E-state index is 0.195. The minimum atomic E-state index is -0.267. The van der Waals surface area contributed by atoms with Crippen LogP contribution in [0.4, 0.5) is 4.39 Å². The van der Waals surface area contributed by atoms with Crippen LogP contribution in [0.15, 0.2) is 34.9 Å². The third kappa shape index (κ3) is 5.44. The number of amides is 1. The summed E-state index contributed by atoms with van der Waals surface area (Å²) in [7, 11) is 0. The predicted molar refractivity (Wildman–Crippen MR) is 110 cm³/mol. The molecule has 29 heavy (non-hydrogen) atoms. The van der Waals surface area contributed by atoms with Gasteiger partial charge in [-0.25, -0.2) is 4.39 Å². The summed E-state index contributed by atoms with van der Waals surface area (Å²) in [6.07, 6.45) is 8.35. The van der Waals surface area contributed by atoms with Crippen LogP contribution in [0.2, 0.25) is 0 Å². The average molecular weight is 400 g/mol. The zero-order chi connectivity index (χ0) is 20.1. The molecule has 2 N–H and O–H groups in total. The molecule has 2 heterocycles. The molecule has 0 bridgehead atoms. The average Bonchev–Trinajstić information content (AvgIpc) is 3.19. The summed E-state index contributed by atoms with van der Waals surface area (Å²) in [4.78, 5) is 12.6. The number of hydrogen-bond acceptors (Lipinski definition) is 4. The molecule has 1 aliphatic heterocycles. The van der Waals surface area contributed by atoms with E-state index in [4.69, 9.17) is 4.52 Å². The van der Waals surface area contributed by atoms with Crippen LogP contribution in [0.25, 0.3) is 11.3 Å². The van der Waals surface area contributed by atoms with E-state index in [9.17, 15) is 9.18 Å². The number of carbonyl (C=O) groups is 1. The van der Waals surface area contributed by atoms with Gasteiger partial charge in [-0.15, -0.1) is 0 Å². The molecule has 2 aromatic rings. The summed E-state index contributed by atoms with van der Waals surface area (Å²) in [5, 5.41) is 10.9. The molecule has 1 aromatic heterocycles. The lowest BCUT2D eigenvalue weighted by Gasteiger charge is -2.32. The predicted octanol–water partition coefficient (Wildman–Crippen LogP) is 4.09. The van der Waals surface area contributed by atoms with Crippen LogP contribution < -0.4 is 10.6 Å². The van der Waals surface area contributed by atoms with E-state index < -0.39 is 0 Å². The molecule has 6 heteroatoms. The Balaban J connectivity index is 1.35. The van der Waals surface area contributed by atoms with Gasteiger partial charge in [-0.2, -0.15) is 0 Å². The van der Waals surface area contributed by atoms with E-state index in [0.717, 1.165) is 50.0 Å². The van der Waals surface area contributed by atoms with Gasteiger partial charge < -0.3 is 15.2 Å². The van der Waals surface area contributed by atoms with E-state index in [1.54, 1.807) is 12.1 Å². The molecule has 2 atom stereocenters. The Labute approximate surface area is 171 Å². The Hall–Kier alpha value is -2.21. The molecule has 0 spiro atoms. The van der Waals surface area contributed by atoms with Crippen molar-refractivity contribution in [1.29, 1.82) is 0 Å². The Kier molecular flexibility index (Phi) is 6.60. The third-order valence-electron chi connectivity index (χ3n) is 6.34. The Morgan fingerprint density at radius 3 is 2.72 bits per heavy atom. The SMILES string of the molecule is O=C(CC1CCNCC1Cc1cc(-c2ccc(F)cc2)on1)NC1CCCCC1. The van der Waals surface area contributed by atoms with Gasteiger partial charge >= 0.3 is 0 Å². The maximum Gasteiger partial charge on any atom is 0.220 e. The molecule has 1 saturated heterocycles. The monoisotopic (exact) mass is 399 g/mol. The van der Waals surface area contributed by atoms with Gasteiger partial charge in [0, 0.05) is 24.1 Å². The summed E-state index contributed by atoms with van der Waals surface area (Å²) in [6, 6.07) is 8.53. The molecule has 156 valence electrons. The Bertz CT molecular complexity index is 799. The lowest BCUT2D eigenvalue weighted by molar-refractivity contribution is -0.123. The summed E-state index contributed by atoms with van der Waals surface area (Å²) in [5.41, 5.74) is 1.70. The molecule has 1 aliphatic carbocycles. The van der Waals surface area contributed by atoms with Crippen molar-refractivity contribution in [2.45, 2.75) is 57.4 Å². The molecule has 1 saturated carbocycles. The molecule has 2 aliphatic rings. The largest absolute Gasteiger partial charge is 0.356 e. The second-order valence-electron chi connectivity index (χ2n) is 8.51. The van der Waals surface area contributed by atoms with Crippen LogP contribution in [-0.4, -0.2) is 30.2 Å². The number of aromatic nitrogens is 1. The van der Waals surface area contributed by atoms with E-state index in [2.05, 4.69) is 15.8 Å². The van der Waals surface area contributed by atoms with Crippen molar-refractivity contribution in [2.24, 2.45) is 11.8 Å². The van der Waals surface area contributed by atoms with Crippen molar-refractivity contribution in [3.63, 3.8) is 0 Å². The first-order chi connectivity index (χ1) is 14.2. The summed E-state index contributed by atoms with van der Waals surface area (Å²) < 4.78 is 18.6. The second kappa shape index (κ2) is 9.53. The van der Waals surface area contributed by atoms with Crippen molar-refractivity contribution in [2.75, 3.05) is 13.1 Å². The first-order valence-corrected chi connectivity index (χ1v) is 10.9. The summed E-state index contributed by atoms with van der Waals surface area (Å²) in [5.74, 6) is 1.28. The molecule has 5 nitrogen and oxygen atoms in total. The fraction of sp³-hybridized carbons (Fsp3) is 0.565. The van der Waals surface area contributed by atoms with Crippen LogP contribution in [0, 0.1) is 17.7 Å². The maximum absolute atomic E-state index is 13.1. The van der Waals surface area contributed by atoms with E-state index in [1.807, 2.05) is 6.07 Å². The number of halogens is 1. The van der Waals surface area contributed by atoms with Gasteiger partial charge in [-0.3, -0.25) is 4.79 Å². The molecule has 0 radical (unpaired) electrons. The number of rotatable bonds is 6. The minimum Gasteiger partial charge on any atom is -0.356 e. The van der Waals surface area contributed by atoms with Gasteiger partial charge in [0.15, 0.2) is 5.76 Å².